The molecule has 2 nitrogen and oxygen atoms in total. The summed E-state index contributed by atoms with van der Waals surface area (Å²) in [5, 5.41) is 0. The van der Waals surface area contributed by atoms with Crippen molar-refractivity contribution in [1.82, 2.24) is 0 Å². The van der Waals surface area contributed by atoms with Gasteiger partial charge in [-0.25, -0.2) is 0 Å². The van der Waals surface area contributed by atoms with Crippen LogP contribution in [0.3, 0.4) is 0 Å². The van der Waals surface area contributed by atoms with Crippen LogP contribution in [-0.2, 0) is 0 Å². The smallest absolute Gasteiger partial charge is 0.119 e. The maximum atomic E-state index is 6.35. The minimum atomic E-state index is -0.122. The molecule has 0 amide bonds. The molecular formula is C15H17NOS. The van der Waals surface area contributed by atoms with Gasteiger partial charge in [-0.3, -0.25) is 0 Å². The maximum absolute atomic E-state index is 6.35. The van der Waals surface area contributed by atoms with Gasteiger partial charge in [-0.2, -0.15) is 0 Å². The molecule has 94 valence electrons. The summed E-state index contributed by atoms with van der Waals surface area (Å²) in [6.07, 6.45) is 2.07. The highest BCUT2D eigenvalue weighted by Gasteiger charge is 2.12. The molecule has 2 aromatic carbocycles. The lowest BCUT2D eigenvalue weighted by Crippen LogP contribution is -2.12. The van der Waals surface area contributed by atoms with Crippen LogP contribution in [0.15, 0.2) is 53.4 Å². The molecular weight excluding hydrogens is 242 g/mol. The third kappa shape index (κ3) is 2.68. The average Bonchev–Trinajstić information content (AvgIpc) is 2.46. The van der Waals surface area contributed by atoms with Crippen LogP contribution < -0.4 is 10.5 Å². The van der Waals surface area contributed by atoms with E-state index >= 15 is 0 Å². The van der Waals surface area contributed by atoms with E-state index in [0.717, 1.165) is 16.9 Å². The van der Waals surface area contributed by atoms with Crippen molar-refractivity contribution in [2.24, 2.45) is 5.73 Å². The molecule has 0 radical (unpaired) electrons. The van der Waals surface area contributed by atoms with Gasteiger partial charge >= 0.3 is 0 Å². The molecule has 0 aromatic heterocycles. The molecule has 1 atom stereocenters. The Balaban J connectivity index is 2.37. The average molecular weight is 259 g/mol. The van der Waals surface area contributed by atoms with Crippen molar-refractivity contribution in [1.29, 1.82) is 0 Å². The summed E-state index contributed by atoms with van der Waals surface area (Å²) in [6.45, 7) is 0. The fourth-order valence-electron chi connectivity index (χ4n) is 1.94. The summed E-state index contributed by atoms with van der Waals surface area (Å²) >= 11 is 1.72. The molecule has 3 heteroatoms. The van der Waals surface area contributed by atoms with Crippen LogP contribution in [-0.4, -0.2) is 13.4 Å². The van der Waals surface area contributed by atoms with Crippen LogP contribution in [0.2, 0.25) is 0 Å². The number of nitrogens with two attached hydrogens (primary N) is 1. The van der Waals surface area contributed by atoms with E-state index in [2.05, 4.69) is 18.4 Å². The predicted molar refractivity (Wildman–Crippen MR) is 77.2 cm³/mol. The Morgan fingerprint density at radius 3 is 2.61 bits per heavy atom. The zero-order valence-corrected chi connectivity index (χ0v) is 11.4. The highest BCUT2D eigenvalue weighted by Crippen LogP contribution is 2.29. The first-order valence-electron chi connectivity index (χ1n) is 5.78. The molecule has 0 heterocycles. The van der Waals surface area contributed by atoms with E-state index in [0.29, 0.717) is 0 Å². The van der Waals surface area contributed by atoms with Gasteiger partial charge in [0.25, 0.3) is 0 Å². The van der Waals surface area contributed by atoms with Gasteiger partial charge in [0.05, 0.1) is 13.2 Å². The van der Waals surface area contributed by atoms with E-state index in [4.69, 9.17) is 10.5 Å². The third-order valence-corrected chi connectivity index (χ3v) is 3.74. The van der Waals surface area contributed by atoms with Gasteiger partial charge in [-0.15, -0.1) is 11.8 Å². The van der Waals surface area contributed by atoms with Gasteiger partial charge in [0, 0.05) is 4.90 Å². The topological polar surface area (TPSA) is 35.2 Å². The quantitative estimate of drug-likeness (QED) is 0.854. The van der Waals surface area contributed by atoms with Crippen molar-refractivity contribution in [3.63, 3.8) is 0 Å². The number of hydrogen-bond acceptors (Lipinski definition) is 3. The Morgan fingerprint density at radius 1 is 1.11 bits per heavy atom. The molecule has 0 bridgehead atoms. The van der Waals surface area contributed by atoms with Crippen LogP contribution in [0.4, 0.5) is 0 Å². The van der Waals surface area contributed by atoms with E-state index in [9.17, 15) is 0 Å². The van der Waals surface area contributed by atoms with Crippen molar-refractivity contribution in [3.8, 4) is 5.75 Å². The van der Waals surface area contributed by atoms with Crippen molar-refractivity contribution in [3.05, 3.63) is 59.7 Å². The number of ether oxygens (including phenoxy) is 1. The summed E-state index contributed by atoms with van der Waals surface area (Å²) in [5.74, 6) is 0.838. The van der Waals surface area contributed by atoms with Crippen molar-refractivity contribution in [2.75, 3.05) is 13.4 Å². The Kier molecular flexibility index (Phi) is 4.28. The first kappa shape index (κ1) is 13.0. The number of benzene rings is 2. The van der Waals surface area contributed by atoms with Crippen LogP contribution >= 0.6 is 11.8 Å². The Hall–Kier alpha value is -1.45. The fourth-order valence-corrected chi connectivity index (χ4v) is 2.58. The second-order valence-corrected chi connectivity index (χ2v) is 4.84. The molecule has 2 rings (SSSR count). The van der Waals surface area contributed by atoms with E-state index < -0.39 is 0 Å². The zero-order valence-electron chi connectivity index (χ0n) is 10.6. The lowest BCUT2D eigenvalue weighted by Gasteiger charge is -2.16. The fraction of sp³-hybridized carbons (Fsp3) is 0.200. The molecule has 0 spiro atoms. The van der Waals surface area contributed by atoms with Crippen LogP contribution in [0.1, 0.15) is 17.2 Å². The van der Waals surface area contributed by atoms with Crippen LogP contribution in [0.5, 0.6) is 5.75 Å². The Bertz CT molecular complexity index is 527. The van der Waals surface area contributed by atoms with Gasteiger partial charge in [-0.05, 0) is 35.6 Å². The van der Waals surface area contributed by atoms with Gasteiger partial charge in [-0.1, -0.05) is 30.3 Å². The molecule has 2 N–H and O–H groups in total. The van der Waals surface area contributed by atoms with Crippen LogP contribution in [0.25, 0.3) is 0 Å². The largest absolute Gasteiger partial charge is 0.497 e. The molecule has 0 saturated heterocycles. The van der Waals surface area contributed by atoms with Gasteiger partial charge in [0.15, 0.2) is 0 Å². The lowest BCUT2D eigenvalue weighted by molar-refractivity contribution is 0.414. The van der Waals surface area contributed by atoms with Gasteiger partial charge in [0.1, 0.15) is 5.75 Å². The second kappa shape index (κ2) is 5.94. The monoisotopic (exact) mass is 259 g/mol. The summed E-state index contributed by atoms with van der Waals surface area (Å²) in [7, 11) is 1.67. The minimum Gasteiger partial charge on any atom is -0.497 e. The molecule has 0 saturated carbocycles. The number of hydrogen-bond donors (Lipinski definition) is 1. The highest BCUT2D eigenvalue weighted by molar-refractivity contribution is 7.98. The Morgan fingerprint density at radius 2 is 1.89 bits per heavy atom. The number of methoxy groups -OCH3 is 1. The predicted octanol–water partition coefficient (Wildman–Crippen LogP) is 3.47. The van der Waals surface area contributed by atoms with E-state index in [-0.39, 0.29) is 6.04 Å². The standard InChI is InChI=1S/C15H17NOS/c1-17-12-7-5-6-11(10-12)15(16)13-8-3-4-9-14(13)18-2/h3-10,15H,16H2,1-2H3. The third-order valence-electron chi connectivity index (χ3n) is 2.93. The summed E-state index contributed by atoms with van der Waals surface area (Å²) in [6, 6.07) is 16.0. The lowest BCUT2D eigenvalue weighted by atomic mass is 9.99. The molecule has 0 fully saturated rings. The minimum absolute atomic E-state index is 0.122. The molecule has 1 unspecified atom stereocenters. The van der Waals surface area contributed by atoms with Crippen LogP contribution in [0, 0.1) is 0 Å². The first-order valence-corrected chi connectivity index (χ1v) is 7.01. The molecule has 18 heavy (non-hydrogen) atoms. The summed E-state index contributed by atoms with van der Waals surface area (Å²) in [5.41, 5.74) is 8.56. The van der Waals surface area contributed by atoms with Gasteiger partial charge in [0.2, 0.25) is 0 Å². The van der Waals surface area contributed by atoms with Crippen molar-refractivity contribution in [2.45, 2.75) is 10.9 Å². The molecule has 0 aliphatic carbocycles. The molecule has 0 aliphatic rings. The highest BCUT2D eigenvalue weighted by atomic mass is 32.2. The maximum Gasteiger partial charge on any atom is 0.119 e. The number of thioether (sulfide) groups is 1. The summed E-state index contributed by atoms with van der Waals surface area (Å²) in [4.78, 5) is 1.22. The second-order valence-electron chi connectivity index (χ2n) is 4.00. The van der Waals surface area contributed by atoms with Crippen molar-refractivity contribution >= 4 is 11.8 Å². The SMILES string of the molecule is COc1cccc(C(N)c2ccccc2SC)c1. The van der Waals surface area contributed by atoms with E-state index in [1.54, 1.807) is 18.9 Å². The first-order chi connectivity index (χ1) is 8.76. The molecule has 2 aromatic rings. The molecule has 0 aliphatic heterocycles. The van der Waals surface area contributed by atoms with E-state index in [1.807, 2.05) is 36.4 Å². The van der Waals surface area contributed by atoms with Crippen molar-refractivity contribution < 1.29 is 4.74 Å². The van der Waals surface area contributed by atoms with Gasteiger partial charge < -0.3 is 10.5 Å². The number of rotatable bonds is 4. The zero-order chi connectivity index (χ0) is 13.0. The Labute approximate surface area is 112 Å². The normalized spacial score (nSPS) is 12.2. The van der Waals surface area contributed by atoms with E-state index in [1.165, 1.54) is 4.90 Å². The summed E-state index contributed by atoms with van der Waals surface area (Å²) < 4.78 is 5.24.